The average molecular weight is 338 g/mol. The lowest BCUT2D eigenvalue weighted by molar-refractivity contribution is -0.134. The van der Waals surface area contributed by atoms with Crippen molar-refractivity contribution in [2.45, 2.75) is 25.9 Å². The Kier molecular flexibility index (Phi) is 5.68. The highest BCUT2D eigenvalue weighted by atomic mass is 35.5. The second-order valence-electron chi connectivity index (χ2n) is 5.53. The molecule has 1 atom stereocenters. The van der Waals surface area contributed by atoms with Gasteiger partial charge in [-0.3, -0.25) is 9.59 Å². The summed E-state index contributed by atoms with van der Waals surface area (Å²) in [5.74, 6) is 0.0517. The van der Waals surface area contributed by atoms with E-state index in [1.54, 1.807) is 18.2 Å². The Bertz CT molecular complexity index is 748. The number of amides is 1. The van der Waals surface area contributed by atoms with E-state index in [0.29, 0.717) is 17.4 Å². The lowest BCUT2D eigenvalue weighted by Gasteiger charge is -2.34. The molecule has 1 aliphatic heterocycles. The molecule has 1 aliphatic rings. The number of fused-ring (bicyclic) bond motifs is 1. The molecule has 7 nitrogen and oxygen atoms in total. The maximum absolute atomic E-state index is 12.3. The fourth-order valence-electron chi connectivity index (χ4n) is 2.73. The van der Waals surface area contributed by atoms with Gasteiger partial charge in [-0.25, -0.2) is 4.68 Å². The minimum absolute atomic E-state index is 0. The number of piperazine rings is 1. The monoisotopic (exact) mass is 337 g/mol. The molecule has 0 aliphatic carbocycles. The first-order valence-electron chi connectivity index (χ1n) is 7.49. The maximum Gasteiger partial charge on any atom is 0.277 e. The molecule has 2 aromatic rings. The average Bonchev–Trinajstić information content (AvgIpc) is 2.55. The van der Waals surface area contributed by atoms with Gasteiger partial charge in [0.05, 0.1) is 11.9 Å². The van der Waals surface area contributed by atoms with Crippen molar-refractivity contribution in [2.75, 3.05) is 19.6 Å². The van der Waals surface area contributed by atoms with Crippen molar-refractivity contribution in [3.05, 3.63) is 34.6 Å². The highest BCUT2D eigenvalue weighted by Crippen LogP contribution is 2.06. The number of halogens is 1. The summed E-state index contributed by atoms with van der Waals surface area (Å²) in [7, 11) is 0. The fraction of sp³-hybridized carbons (Fsp3) is 0.467. The van der Waals surface area contributed by atoms with Crippen molar-refractivity contribution in [3.63, 3.8) is 0 Å². The molecule has 2 heterocycles. The molecule has 0 spiro atoms. The van der Waals surface area contributed by atoms with Crippen LogP contribution < -0.4 is 10.9 Å². The van der Waals surface area contributed by atoms with Crippen LogP contribution in [0.1, 0.15) is 13.3 Å². The normalized spacial score (nSPS) is 17.8. The van der Waals surface area contributed by atoms with E-state index in [-0.39, 0.29) is 42.9 Å². The SMILES string of the molecule is C[C@H]1CNCCN1C(=O)CCn1nnc2ccccc2c1=O.Cl. The van der Waals surface area contributed by atoms with Crippen LogP contribution >= 0.6 is 12.4 Å². The van der Waals surface area contributed by atoms with Crippen molar-refractivity contribution in [1.82, 2.24) is 25.2 Å². The smallest absolute Gasteiger partial charge is 0.277 e. The molecule has 124 valence electrons. The number of carbonyl (C=O) groups is 1. The third-order valence-corrected chi connectivity index (χ3v) is 3.99. The molecule has 1 saturated heterocycles. The topological polar surface area (TPSA) is 80.1 Å². The Morgan fingerprint density at radius 1 is 1.39 bits per heavy atom. The standard InChI is InChI=1S/C15H19N5O2.ClH/c1-11-10-16-7-9-19(11)14(21)6-8-20-15(22)12-4-2-3-5-13(12)17-18-20;/h2-5,11,16H,6-10H2,1H3;1H/t11-;/m0./s1. The number of nitrogens with one attached hydrogen (secondary N) is 1. The summed E-state index contributed by atoms with van der Waals surface area (Å²) in [6, 6.07) is 7.27. The number of hydrogen-bond acceptors (Lipinski definition) is 5. The van der Waals surface area contributed by atoms with Crippen molar-refractivity contribution in [3.8, 4) is 0 Å². The molecule has 0 radical (unpaired) electrons. The van der Waals surface area contributed by atoms with Crippen LogP contribution in [0.15, 0.2) is 29.1 Å². The summed E-state index contributed by atoms with van der Waals surface area (Å²) in [5.41, 5.74) is 0.373. The van der Waals surface area contributed by atoms with Crippen molar-refractivity contribution >= 4 is 29.2 Å². The van der Waals surface area contributed by atoms with Crippen LogP contribution in [0, 0.1) is 0 Å². The Morgan fingerprint density at radius 3 is 2.96 bits per heavy atom. The van der Waals surface area contributed by atoms with Crippen LogP contribution in [0.4, 0.5) is 0 Å². The van der Waals surface area contributed by atoms with Crippen molar-refractivity contribution in [2.24, 2.45) is 0 Å². The molecule has 0 saturated carbocycles. The lowest BCUT2D eigenvalue weighted by atomic mass is 10.2. The van der Waals surface area contributed by atoms with E-state index in [9.17, 15) is 9.59 Å². The predicted octanol–water partition coefficient (Wildman–Crippen LogP) is 0.424. The van der Waals surface area contributed by atoms with Crippen LogP contribution in [0.5, 0.6) is 0 Å². The highest BCUT2D eigenvalue weighted by molar-refractivity contribution is 5.85. The number of aryl methyl sites for hydroxylation is 1. The maximum atomic E-state index is 12.3. The van der Waals surface area contributed by atoms with E-state index in [1.165, 1.54) is 4.68 Å². The summed E-state index contributed by atoms with van der Waals surface area (Å²) < 4.78 is 1.27. The molecular formula is C15H20ClN5O2. The van der Waals surface area contributed by atoms with E-state index in [2.05, 4.69) is 15.6 Å². The van der Waals surface area contributed by atoms with Crippen LogP contribution in [0.3, 0.4) is 0 Å². The molecule has 8 heteroatoms. The van der Waals surface area contributed by atoms with Gasteiger partial charge in [0.15, 0.2) is 0 Å². The summed E-state index contributed by atoms with van der Waals surface area (Å²) in [4.78, 5) is 26.5. The van der Waals surface area contributed by atoms with Crippen molar-refractivity contribution in [1.29, 1.82) is 0 Å². The molecule has 1 amide bonds. The minimum atomic E-state index is -0.202. The zero-order chi connectivity index (χ0) is 15.5. The van der Waals surface area contributed by atoms with E-state index in [0.717, 1.165) is 13.1 Å². The third-order valence-electron chi connectivity index (χ3n) is 3.99. The molecule has 0 bridgehead atoms. The Labute approximate surface area is 140 Å². The van der Waals surface area contributed by atoms with Gasteiger partial charge in [-0.2, -0.15) is 0 Å². The summed E-state index contributed by atoms with van der Waals surface area (Å²) in [5, 5.41) is 11.7. The number of nitrogens with zero attached hydrogens (tertiary/aromatic N) is 4. The first-order valence-corrected chi connectivity index (χ1v) is 7.49. The first kappa shape index (κ1) is 17.4. The number of benzene rings is 1. The van der Waals surface area contributed by atoms with Crippen LogP contribution in [-0.4, -0.2) is 51.5 Å². The van der Waals surface area contributed by atoms with Crippen LogP contribution in [0.2, 0.25) is 0 Å². The van der Waals surface area contributed by atoms with Gasteiger partial charge >= 0.3 is 0 Å². The Balaban J connectivity index is 0.00000192. The summed E-state index contributed by atoms with van der Waals surface area (Å²) in [6.45, 7) is 4.60. The van der Waals surface area contributed by atoms with Crippen LogP contribution in [-0.2, 0) is 11.3 Å². The van der Waals surface area contributed by atoms with E-state index in [1.807, 2.05) is 17.9 Å². The zero-order valence-electron chi connectivity index (χ0n) is 12.9. The van der Waals surface area contributed by atoms with Gasteiger partial charge in [-0.15, -0.1) is 17.5 Å². The van der Waals surface area contributed by atoms with Gasteiger partial charge < -0.3 is 10.2 Å². The summed E-state index contributed by atoms with van der Waals surface area (Å²) >= 11 is 0. The van der Waals surface area contributed by atoms with E-state index in [4.69, 9.17) is 0 Å². The number of aromatic nitrogens is 3. The molecule has 23 heavy (non-hydrogen) atoms. The third kappa shape index (κ3) is 3.68. The molecule has 1 N–H and O–H groups in total. The molecular weight excluding hydrogens is 318 g/mol. The second kappa shape index (κ2) is 7.52. The minimum Gasteiger partial charge on any atom is -0.337 e. The molecule has 0 unspecified atom stereocenters. The highest BCUT2D eigenvalue weighted by Gasteiger charge is 2.22. The second-order valence-corrected chi connectivity index (χ2v) is 5.53. The largest absolute Gasteiger partial charge is 0.337 e. The number of hydrogen-bond donors (Lipinski definition) is 1. The van der Waals surface area contributed by atoms with Gasteiger partial charge in [-0.1, -0.05) is 17.3 Å². The van der Waals surface area contributed by atoms with Crippen molar-refractivity contribution < 1.29 is 4.79 Å². The first-order chi connectivity index (χ1) is 10.7. The molecule has 1 fully saturated rings. The predicted molar refractivity (Wildman–Crippen MR) is 89.7 cm³/mol. The van der Waals surface area contributed by atoms with Crippen LogP contribution in [0.25, 0.3) is 10.9 Å². The quantitative estimate of drug-likeness (QED) is 0.878. The Morgan fingerprint density at radius 2 is 2.17 bits per heavy atom. The lowest BCUT2D eigenvalue weighted by Crippen LogP contribution is -2.52. The van der Waals surface area contributed by atoms with E-state index < -0.39 is 0 Å². The van der Waals surface area contributed by atoms with E-state index >= 15 is 0 Å². The van der Waals surface area contributed by atoms with Gasteiger partial charge in [0.1, 0.15) is 5.52 Å². The fourth-order valence-corrected chi connectivity index (χ4v) is 2.73. The number of rotatable bonds is 3. The van der Waals surface area contributed by atoms with Gasteiger partial charge in [-0.05, 0) is 19.1 Å². The van der Waals surface area contributed by atoms with Gasteiger partial charge in [0, 0.05) is 32.1 Å². The van der Waals surface area contributed by atoms with Gasteiger partial charge in [0.2, 0.25) is 5.91 Å². The molecule has 1 aromatic carbocycles. The molecule has 1 aromatic heterocycles. The van der Waals surface area contributed by atoms with Gasteiger partial charge in [0.25, 0.3) is 5.56 Å². The Hall–Kier alpha value is -1.99. The molecule has 3 rings (SSSR count). The summed E-state index contributed by atoms with van der Waals surface area (Å²) in [6.07, 6.45) is 0.261. The number of carbonyl (C=O) groups excluding carboxylic acids is 1. The zero-order valence-corrected chi connectivity index (χ0v) is 13.8.